The van der Waals surface area contributed by atoms with Gasteiger partial charge >= 0.3 is 11.9 Å². The maximum Gasteiger partial charge on any atom is 0.309 e. The molecule has 7 N–H and O–H groups in total. The summed E-state index contributed by atoms with van der Waals surface area (Å²) in [6.07, 6.45) is 0.457. The average Bonchev–Trinajstić information content (AvgIpc) is 3.19. The minimum absolute atomic E-state index is 0.0167. The molecule has 0 aromatic carbocycles. The van der Waals surface area contributed by atoms with E-state index in [2.05, 4.69) is 20.8 Å². The number of esters is 1. The lowest BCUT2D eigenvalue weighted by Gasteiger charge is -2.64. The first-order chi connectivity index (χ1) is 21.0. The summed E-state index contributed by atoms with van der Waals surface area (Å²) in [6, 6.07) is 0. The zero-order valence-corrected chi connectivity index (χ0v) is 29.2. The number of ether oxygens (including phenoxy) is 1. The van der Waals surface area contributed by atoms with E-state index in [1.54, 1.807) is 13.8 Å². The van der Waals surface area contributed by atoms with Crippen LogP contribution in [0.15, 0.2) is 11.1 Å². The summed E-state index contributed by atoms with van der Waals surface area (Å²) < 4.78 is 5.85. The number of carboxylic acids is 1. The van der Waals surface area contributed by atoms with E-state index in [9.17, 15) is 40.2 Å². The van der Waals surface area contributed by atoms with Crippen molar-refractivity contribution in [2.24, 2.45) is 39.4 Å². The highest BCUT2D eigenvalue weighted by atomic mass is 16.6. The molecule has 11 atom stereocenters. The Morgan fingerprint density at radius 3 is 2.17 bits per heavy atom. The summed E-state index contributed by atoms with van der Waals surface area (Å²) in [6.45, 7) is 14.9. The van der Waals surface area contributed by atoms with E-state index < -0.39 is 76.6 Å². The van der Waals surface area contributed by atoms with Crippen LogP contribution in [-0.2, 0) is 14.3 Å². The molecule has 4 aliphatic carbocycles. The van der Waals surface area contributed by atoms with Gasteiger partial charge in [0.25, 0.3) is 0 Å². The molecule has 2 saturated carbocycles. The van der Waals surface area contributed by atoms with Gasteiger partial charge in [-0.15, -0.1) is 0 Å². The van der Waals surface area contributed by atoms with Crippen LogP contribution in [0.4, 0.5) is 0 Å². The Balaban J connectivity index is 1.66. The minimum Gasteiger partial charge on any atom is -0.481 e. The maximum absolute atomic E-state index is 13.0. The van der Waals surface area contributed by atoms with Crippen LogP contribution in [-0.4, -0.2) is 89.9 Å². The smallest absolute Gasteiger partial charge is 0.309 e. The van der Waals surface area contributed by atoms with E-state index in [-0.39, 0.29) is 29.8 Å². The molecule has 0 amide bonds. The Morgan fingerprint density at radius 2 is 1.61 bits per heavy atom. The monoisotopic (exact) mass is 652 g/mol. The van der Waals surface area contributed by atoms with Gasteiger partial charge in [0, 0.05) is 12.0 Å². The lowest BCUT2D eigenvalue weighted by Crippen LogP contribution is -2.62. The number of aliphatic hydroxyl groups excluding tert-OH is 4. The third-order valence-electron chi connectivity index (χ3n) is 13.6. The summed E-state index contributed by atoms with van der Waals surface area (Å²) in [5.41, 5.74) is -2.50. The SMILES string of the molecule is CC(O)(CC(=O)O)CC(=O)O[C@@H]1C[C@]2(C)C3=C(CC[C@H]2C(C)(C)[C@H]1O)[C@]1(C)CC[C@H]([C@H](CO)CC[C@@H](O)C(C)(C)O)[C@@]1(C)[C@@H](O)C3. The Morgan fingerprint density at radius 1 is 0.978 bits per heavy atom. The second kappa shape index (κ2) is 12.4. The number of hydrogen-bond donors (Lipinski definition) is 7. The zero-order chi connectivity index (χ0) is 34.8. The van der Waals surface area contributed by atoms with E-state index in [1.165, 1.54) is 18.1 Å². The van der Waals surface area contributed by atoms with Gasteiger partial charge in [-0.05, 0) is 106 Å². The summed E-state index contributed by atoms with van der Waals surface area (Å²) in [5.74, 6) is -2.05. The molecule has 2 fully saturated rings. The van der Waals surface area contributed by atoms with Gasteiger partial charge in [0.05, 0.1) is 42.4 Å². The lowest BCUT2D eigenvalue weighted by molar-refractivity contribution is -0.193. The van der Waals surface area contributed by atoms with Crippen molar-refractivity contribution < 1.29 is 50.1 Å². The van der Waals surface area contributed by atoms with Crippen molar-refractivity contribution in [3.05, 3.63) is 11.1 Å². The van der Waals surface area contributed by atoms with Crippen molar-refractivity contribution in [3.63, 3.8) is 0 Å². The number of aliphatic hydroxyl groups is 6. The highest BCUT2D eigenvalue weighted by Crippen LogP contribution is 2.72. The lowest BCUT2D eigenvalue weighted by atomic mass is 9.42. The number of carbonyl (C=O) groups excluding carboxylic acids is 1. The first kappa shape index (κ1) is 37.3. The number of fused-ring (bicyclic) bond motifs is 4. The first-order valence-corrected chi connectivity index (χ1v) is 17.2. The normalized spacial score (nSPS) is 39.8. The quantitative estimate of drug-likeness (QED) is 0.128. The number of carboxylic acid groups (broad SMARTS) is 1. The zero-order valence-electron chi connectivity index (χ0n) is 29.2. The van der Waals surface area contributed by atoms with E-state index in [0.29, 0.717) is 25.7 Å². The van der Waals surface area contributed by atoms with Crippen molar-refractivity contribution >= 4 is 11.9 Å². The van der Waals surface area contributed by atoms with Crippen LogP contribution in [0.5, 0.6) is 0 Å². The van der Waals surface area contributed by atoms with E-state index >= 15 is 0 Å². The van der Waals surface area contributed by atoms with Crippen LogP contribution < -0.4 is 0 Å². The van der Waals surface area contributed by atoms with Crippen LogP contribution in [0.25, 0.3) is 0 Å². The van der Waals surface area contributed by atoms with Crippen molar-refractivity contribution in [1.82, 2.24) is 0 Å². The number of aliphatic carboxylic acids is 1. The molecule has 0 aromatic heterocycles. The molecule has 4 rings (SSSR count). The molecule has 0 aliphatic heterocycles. The van der Waals surface area contributed by atoms with E-state index in [4.69, 9.17) is 9.84 Å². The molecule has 10 nitrogen and oxygen atoms in total. The summed E-state index contributed by atoms with van der Waals surface area (Å²) in [5, 5.41) is 74.6. The maximum atomic E-state index is 13.0. The Kier molecular flexibility index (Phi) is 10.0. The summed E-state index contributed by atoms with van der Waals surface area (Å²) >= 11 is 0. The van der Waals surface area contributed by atoms with Gasteiger partial charge in [-0.25, -0.2) is 0 Å². The molecule has 0 radical (unpaired) electrons. The number of carbonyl (C=O) groups is 2. The Bertz CT molecular complexity index is 1200. The molecule has 0 spiro atoms. The van der Waals surface area contributed by atoms with Gasteiger partial charge in [-0.2, -0.15) is 0 Å². The fourth-order valence-electron chi connectivity index (χ4n) is 10.8. The van der Waals surface area contributed by atoms with Crippen LogP contribution in [0.3, 0.4) is 0 Å². The molecular weight excluding hydrogens is 592 g/mol. The minimum atomic E-state index is -1.78. The van der Waals surface area contributed by atoms with Gasteiger partial charge in [0.1, 0.15) is 6.10 Å². The number of rotatable bonds is 11. The van der Waals surface area contributed by atoms with Crippen molar-refractivity contribution in [2.75, 3.05) is 6.61 Å². The summed E-state index contributed by atoms with van der Waals surface area (Å²) in [7, 11) is 0. The molecule has 46 heavy (non-hydrogen) atoms. The summed E-state index contributed by atoms with van der Waals surface area (Å²) in [4.78, 5) is 24.2. The molecule has 0 saturated heterocycles. The average molecular weight is 653 g/mol. The second-order valence-corrected chi connectivity index (χ2v) is 17.4. The highest BCUT2D eigenvalue weighted by molar-refractivity contribution is 5.74. The van der Waals surface area contributed by atoms with E-state index in [1.807, 2.05) is 13.8 Å². The first-order valence-electron chi connectivity index (χ1n) is 17.2. The predicted octanol–water partition coefficient (Wildman–Crippen LogP) is 3.73. The van der Waals surface area contributed by atoms with Gasteiger partial charge in [0.2, 0.25) is 0 Å². The molecule has 0 aromatic rings. The van der Waals surface area contributed by atoms with Crippen LogP contribution in [0, 0.1) is 39.4 Å². The number of hydrogen-bond acceptors (Lipinski definition) is 9. The standard InChI is InChI=1S/C36H60O10/c1-31(2)25-11-10-22-23(34(25,6)16-24(30(31)43)46-29(42)18-33(5,45)17-28(40)41)15-27(39)36(8)21(13-14-35(22,36)7)20(19-37)9-12-26(38)32(3,4)44/h20-21,24-27,30,37-39,43-45H,9-19H2,1-8H3,(H,40,41)/t20-,21+,24+,25-,26+,27-,30-,33?,34+,35-,36-/m0/s1. The highest BCUT2D eigenvalue weighted by Gasteiger charge is 2.67. The topological polar surface area (TPSA) is 185 Å². The third kappa shape index (κ3) is 6.20. The number of allylic oxidation sites excluding steroid dienone is 1. The fourth-order valence-corrected chi connectivity index (χ4v) is 10.8. The largest absolute Gasteiger partial charge is 0.481 e. The molecule has 0 bridgehead atoms. The molecule has 10 heteroatoms. The molecule has 4 aliphatic rings. The molecule has 0 heterocycles. The van der Waals surface area contributed by atoms with Crippen LogP contribution >= 0.6 is 0 Å². The Hall–Kier alpha value is -1.56. The van der Waals surface area contributed by atoms with Crippen molar-refractivity contribution in [2.45, 2.75) is 155 Å². The van der Waals surface area contributed by atoms with Gasteiger partial charge in [-0.3, -0.25) is 9.59 Å². The van der Waals surface area contributed by atoms with E-state index in [0.717, 1.165) is 25.7 Å². The fraction of sp³-hybridized carbons (Fsp3) is 0.889. The molecule has 264 valence electrons. The van der Waals surface area contributed by atoms with Crippen molar-refractivity contribution in [1.29, 1.82) is 0 Å². The van der Waals surface area contributed by atoms with Gasteiger partial charge < -0.3 is 40.5 Å². The van der Waals surface area contributed by atoms with Crippen LogP contribution in [0.1, 0.15) is 120 Å². The van der Waals surface area contributed by atoms with Crippen molar-refractivity contribution in [3.8, 4) is 0 Å². The predicted molar refractivity (Wildman–Crippen MR) is 171 cm³/mol. The second-order valence-electron chi connectivity index (χ2n) is 17.4. The van der Waals surface area contributed by atoms with Gasteiger partial charge in [-0.1, -0.05) is 45.8 Å². The Labute approximate surface area is 274 Å². The van der Waals surface area contributed by atoms with Gasteiger partial charge in [0.15, 0.2) is 0 Å². The van der Waals surface area contributed by atoms with Crippen LogP contribution in [0.2, 0.25) is 0 Å². The molecular formula is C36H60O10. The third-order valence-corrected chi connectivity index (χ3v) is 13.6. The molecule has 1 unspecified atom stereocenters.